The van der Waals surface area contributed by atoms with Crippen LogP contribution in [0, 0.1) is 5.41 Å². The molecule has 0 atom stereocenters. The Hall–Kier alpha value is -1.01. The van der Waals surface area contributed by atoms with Crippen LogP contribution >= 0.6 is 0 Å². The summed E-state index contributed by atoms with van der Waals surface area (Å²) < 4.78 is 17.8. The van der Waals surface area contributed by atoms with Crippen molar-refractivity contribution in [3.05, 3.63) is 11.5 Å². The number of ether oxygens (including phenoxy) is 1. The van der Waals surface area contributed by atoms with Gasteiger partial charge in [-0.1, -0.05) is 6.08 Å². The number of hydrogen-bond donors (Lipinski definition) is 0. The molecule has 0 saturated carbocycles. The summed E-state index contributed by atoms with van der Waals surface area (Å²) in [6.45, 7) is 15.6. The minimum atomic E-state index is -0.434. The maximum Gasteiger partial charge on any atom is 0.490 e. The second-order valence-corrected chi connectivity index (χ2v) is 9.91. The SMILES string of the molecule is CC(C)(C)OC(=O)N1CC2(CC=C(B3OC(C)(C)C(C)(C)O3)CC2)C1. The van der Waals surface area contributed by atoms with E-state index in [1.165, 1.54) is 5.47 Å². The van der Waals surface area contributed by atoms with E-state index >= 15 is 0 Å². The van der Waals surface area contributed by atoms with Gasteiger partial charge in [-0.05, 0) is 73.2 Å². The third-order valence-electron chi connectivity index (χ3n) is 6.00. The maximum atomic E-state index is 12.1. The summed E-state index contributed by atoms with van der Waals surface area (Å²) in [4.78, 5) is 14.0. The number of hydrogen-bond acceptors (Lipinski definition) is 4. The zero-order valence-corrected chi connectivity index (χ0v) is 16.8. The van der Waals surface area contributed by atoms with Gasteiger partial charge in [-0.2, -0.15) is 0 Å². The number of carbonyl (C=O) groups is 1. The highest BCUT2D eigenvalue weighted by Crippen LogP contribution is 2.46. The van der Waals surface area contributed by atoms with Gasteiger partial charge >= 0.3 is 13.2 Å². The number of nitrogens with zero attached hydrogens (tertiary/aromatic N) is 1. The zero-order chi connectivity index (χ0) is 18.7. The van der Waals surface area contributed by atoms with Crippen molar-refractivity contribution in [2.75, 3.05) is 13.1 Å². The molecule has 0 aromatic rings. The third-order valence-corrected chi connectivity index (χ3v) is 6.00. The van der Waals surface area contributed by atoms with Gasteiger partial charge in [0.1, 0.15) is 5.60 Å². The minimum Gasteiger partial charge on any atom is -0.444 e. The molecule has 3 rings (SSSR count). The Bertz CT molecular complexity index is 569. The molecule has 25 heavy (non-hydrogen) atoms. The molecule has 1 aliphatic carbocycles. The van der Waals surface area contributed by atoms with E-state index < -0.39 is 5.60 Å². The van der Waals surface area contributed by atoms with Crippen LogP contribution in [0.5, 0.6) is 0 Å². The van der Waals surface area contributed by atoms with Crippen LogP contribution in [-0.2, 0) is 14.0 Å². The van der Waals surface area contributed by atoms with Crippen molar-refractivity contribution in [2.45, 2.75) is 84.5 Å². The molecule has 0 radical (unpaired) electrons. The normalized spacial score (nSPS) is 27.1. The molecule has 2 aliphatic heterocycles. The molecule has 1 amide bonds. The van der Waals surface area contributed by atoms with Crippen molar-refractivity contribution in [3.63, 3.8) is 0 Å². The van der Waals surface area contributed by atoms with Crippen molar-refractivity contribution < 1.29 is 18.8 Å². The largest absolute Gasteiger partial charge is 0.490 e. The second-order valence-electron chi connectivity index (χ2n) is 9.91. The van der Waals surface area contributed by atoms with Gasteiger partial charge in [-0.25, -0.2) is 4.79 Å². The molecule has 5 nitrogen and oxygen atoms in total. The van der Waals surface area contributed by atoms with E-state index in [4.69, 9.17) is 14.0 Å². The molecule has 2 heterocycles. The Morgan fingerprint density at radius 3 is 2.16 bits per heavy atom. The molecule has 2 fully saturated rings. The average molecular weight is 349 g/mol. The maximum absolute atomic E-state index is 12.1. The number of rotatable bonds is 1. The summed E-state index contributed by atoms with van der Waals surface area (Å²) >= 11 is 0. The quantitative estimate of drug-likeness (QED) is 0.672. The van der Waals surface area contributed by atoms with E-state index in [2.05, 4.69) is 33.8 Å². The van der Waals surface area contributed by atoms with Crippen LogP contribution in [0.3, 0.4) is 0 Å². The Morgan fingerprint density at radius 1 is 1.16 bits per heavy atom. The highest BCUT2D eigenvalue weighted by molar-refractivity contribution is 6.54. The van der Waals surface area contributed by atoms with Gasteiger partial charge in [0.15, 0.2) is 0 Å². The summed E-state index contributed by atoms with van der Waals surface area (Å²) in [6.07, 6.45) is 5.10. The molecule has 6 heteroatoms. The summed E-state index contributed by atoms with van der Waals surface area (Å²) in [6, 6.07) is 0. The van der Waals surface area contributed by atoms with Gasteiger partial charge in [-0.3, -0.25) is 0 Å². The number of likely N-dealkylation sites (tertiary alicyclic amines) is 1. The zero-order valence-electron chi connectivity index (χ0n) is 16.8. The molecular weight excluding hydrogens is 317 g/mol. The van der Waals surface area contributed by atoms with Crippen molar-refractivity contribution in [3.8, 4) is 0 Å². The van der Waals surface area contributed by atoms with Crippen LogP contribution < -0.4 is 0 Å². The van der Waals surface area contributed by atoms with Crippen LogP contribution in [0.15, 0.2) is 11.5 Å². The first-order valence-electron chi connectivity index (χ1n) is 9.35. The smallest absolute Gasteiger partial charge is 0.444 e. The van der Waals surface area contributed by atoms with Gasteiger partial charge in [0, 0.05) is 18.5 Å². The molecule has 0 unspecified atom stereocenters. The van der Waals surface area contributed by atoms with Crippen molar-refractivity contribution in [1.82, 2.24) is 4.90 Å². The molecule has 3 aliphatic rings. The summed E-state index contributed by atoms with van der Waals surface area (Å²) in [5, 5.41) is 0. The van der Waals surface area contributed by atoms with Crippen LogP contribution in [0.4, 0.5) is 4.79 Å². The van der Waals surface area contributed by atoms with Gasteiger partial charge in [0.25, 0.3) is 0 Å². The fourth-order valence-electron chi connectivity index (χ4n) is 3.68. The number of amides is 1. The van der Waals surface area contributed by atoms with Crippen LogP contribution in [0.25, 0.3) is 0 Å². The van der Waals surface area contributed by atoms with Crippen molar-refractivity contribution in [1.29, 1.82) is 0 Å². The van der Waals surface area contributed by atoms with E-state index in [0.717, 1.165) is 32.4 Å². The van der Waals surface area contributed by atoms with E-state index in [-0.39, 0.29) is 29.8 Å². The monoisotopic (exact) mass is 349 g/mol. The lowest BCUT2D eigenvalue weighted by molar-refractivity contribution is -0.0380. The average Bonchev–Trinajstić information content (AvgIpc) is 2.63. The van der Waals surface area contributed by atoms with Gasteiger partial charge in [0.2, 0.25) is 0 Å². The first-order chi connectivity index (χ1) is 11.3. The summed E-state index contributed by atoms with van der Waals surface area (Å²) in [5.74, 6) is 0. The van der Waals surface area contributed by atoms with Gasteiger partial charge < -0.3 is 18.9 Å². The first-order valence-corrected chi connectivity index (χ1v) is 9.35. The van der Waals surface area contributed by atoms with Crippen molar-refractivity contribution >= 4 is 13.2 Å². The fraction of sp³-hybridized carbons (Fsp3) is 0.842. The molecule has 0 N–H and O–H groups in total. The van der Waals surface area contributed by atoms with Crippen LogP contribution in [-0.4, -0.2) is 48.0 Å². The summed E-state index contributed by atoms with van der Waals surface area (Å²) in [5.41, 5.74) is 0.440. The Kier molecular flexibility index (Phi) is 4.32. The van der Waals surface area contributed by atoms with E-state index in [1.807, 2.05) is 25.7 Å². The highest BCUT2D eigenvalue weighted by atomic mass is 16.7. The molecule has 140 valence electrons. The predicted molar refractivity (Wildman–Crippen MR) is 98.3 cm³/mol. The Balaban J connectivity index is 1.55. The standard InChI is InChI=1S/C19H32BNO4/c1-16(2,3)23-15(22)21-12-19(13-21)10-8-14(9-11-19)20-24-17(4,5)18(6,7)25-20/h8H,9-13H2,1-7H3. The lowest BCUT2D eigenvalue weighted by atomic mass is 9.63. The molecule has 1 spiro atoms. The minimum absolute atomic E-state index is 0.195. The number of carbonyl (C=O) groups excluding carboxylic acids is 1. The summed E-state index contributed by atoms with van der Waals surface area (Å²) in [7, 11) is -0.232. The number of allylic oxidation sites excluding steroid dienone is 2. The van der Waals surface area contributed by atoms with E-state index in [0.29, 0.717) is 0 Å². The predicted octanol–water partition coefficient (Wildman–Crippen LogP) is 3.97. The molecule has 0 aromatic carbocycles. The molecule has 2 saturated heterocycles. The first kappa shape index (κ1) is 18.8. The molecule has 0 aromatic heterocycles. The van der Waals surface area contributed by atoms with Gasteiger partial charge in [0.05, 0.1) is 11.2 Å². The topological polar surface area (TPSA) is 48.0 Å². The second kappa shape index (κ2) is 5.75. The molecule has 0 bridgehead atoms. The highest BCUT2D eigenvalue weighted by Gasteiger charge is 2.54. The lowest BCUT2D eigenvalue weighted by Crippen LogP contribution is -2.59. The van der Waals surface area contributed by atoms with Crippen LogP contribution in [0.2, 0.25) is 0 Å². The Labute approximate surface area is 152 Å². The third kappa shape index (κ3) is 3.61. The fourth-order valence-corrected chi connectivity index (χ4v) is 3.68. The lowest BCUT2D eigenvalue weighted by Gasteiger charge is -2.51. The Morgan fingerprint density at radius 2 is 1.72 bits per heavy atom. The van der Waals surface area contributed by atoms with Crippen molar-refractivity contribution in [2.24, 2.45) is 5.41 Å². The van der Waals surface area contributed by atoms with E-state index in [9.17, 15) is 4.79 Å². The van der Waals surface area contributed by atoms with E-state index in [1.54, 1.807) is 0 Å². The molecular formula is C19H32BNO4. The van der Waals surface area contributed by atoms with Gasteiger partial charge in [-0.15, -0.1) is 0 Å². The van der Waals surface area contributed by atoms with Crippen LogP contribution in [0.1, 0.15) is 67.7 Å².